The van der Waals surface area contributed by atoms with Crippen molar-refractivity contribution >= 4 is 22.6 Å². The fourth-order valence-corrected chi connectivity index (χ4v) is 2.18. The molecule has 0 spiro atoms. The van der Waals surface area contributed by atoms with Crippen LogP contribution < -0.4 is 15.0 Å². The van der Waals surface area contributed by atoms with Gasteiger partial charge in [0.2, 0.25) is 0 Å². The third-order valence-corrected chi connectivity index (χ3v) is 3.29. The van der Waals surface area contributed by atoms with Gasteiger partial charge in [0.25, 0.3) is 11.6 Å². The molecule has 0 aliphatic carbocycles. The number of pyridine rings is 1. The Kier molecular flexibility index (Phi) is 4.73. The SMILES string of the molecule is O=c1[nH]c(OCCCOc2cccc(Cl)c2)nc2ncccc12. The number of nitrogens with zero attached hydrogens (tertiary/aromatic N) is 2. The molecule has 2 aromatic heterocycles. The number of ether oxygens (including phenoxy) is 2. The number of fused-ring (bicyclic) bond motifs is 1. The summed E-state index contributed by atoms with van der Waals surface area (Å²) in [5.74, 6) is 0.707. The Balaban J connectivity index is 1.52. The van der Waals surface area contributed by atoms with E-state index in [9.17, 15) is 4.79 Å². The van der Waals surface area contributed by atoms with Crippen LogP contribution in [-0.2, 0) is 0 Å². The predicted molar refractivity (Wildman–Crippen MR) is 87.2 cm³/mol. The van der Waals surface area contributed by atoms with E-state index in [2.05, 4.69) is 15.0 Å². The molecular formula is C16H14ClN3O3. The second kappa shape index (κ2) is 7.11. The highest BCUT2D eigenvalue weighted by Crippen LogP contribution is 2.17. The number of benzene rings is 1. The van der Waals surface area contributed by atoms with Gasteiger partial charge in [0.05, 0.1) is 18.6 Å². The summed E-state index contributed by atoms with van der Waals surface area (Å²) in [5, 5.41) is 1.06. The lowest BCUT2D eigenvalue weighted by Gasteiger charge is -2.07. The van der Waals surface area contributed by atoms with Gasteiger partial charge in [-0.15, -0.1) is 0 Å². The lowest BCUT2D eigenvalue weighted by molar-refractivity contribution is 0.236. The van der Waals surface area contributed by atoms with E-state index in [4.69, 9.17) is 21.1 Å². The Hall–Kier alpha value is -2.60. The summed E-state index contributed by atoms with van der Waals surface area (Å²) >= 11 is 5.87. The summed E-state index contributed by atoms with van der Waals surface area (Å²) in [5.41, 5.74) is 0.0923. The molecule has 0 unspecified atom stereocenters. The van der Waals surface area contributed by atoms with Crippen molar-refractivity contribution in [3.63, 3.8) is 0 Å². The van der Waals surface area contributed by atoms with Crippen LogP contribution in [0.15, 0.2) is 47.4 Å². The quantitative estimate of drug-likeness (QED) is 0.703. The van der Waals surface area contributed by atoms with Crippen molar-refractivity contribution in [2.24, 2.45) is 0 Å². The molecule has 1 N–H and O–H groups in total. The zero-order chi connectivity index (χ0) is 16.1. The Morgan fingerprint density at radius 1 is 1.13 bits per heavy atom. The number of nitrogens with one attached hydrogen (secondary N) is 1. The Morgan fingerprint density at radius 2 is 2.00 bits per heavy atom. The lowest BCUT2D eigenvalue weighted by atomic mass is 10.3. The van der Waals surface area contributed by atoms with Crippen LogP contribution in [0.2, 0.25) is 5.02 Å². The van der Waals surface area contributed by atoms with Gasteiger partial charge >= 0.3 is 0 Å². The van der Waals surface area contributed by atoms with E-state index < -0.39 is 0 Å². The second-order valence-corrected chi connectivity index (χ2v) is 5.19. The highest BCUT2D eigenvalue weighted by Gasteiger charge is 2.04. The van der Waals surface area contributed by atoms with Gasteiger partial charge < -0.3 is 9.47 Å². The van der Waals surface area contributed by atoms with Gasteiger partial charge in [-0.3, -0.25) is 9.78 Å². The number of H-pyrrole nitrogens is 1. The molecule has 0 aliphatic heterocycles. The maximum Gasteiger partial charge on any atom is 0.298 e. The molecule has 0 atom stereocenters. The molecule has 2 heterocycles. The van der Waals surface area contributed by atoms with E-state index >= 15 is 0 Å². The van der Waals surface area contributed by atoms with E-state index in [1.54, 1.807) is 30.5 Å². The van der Waals surface area contributed by atoms with Gasteiger partial charge in [0.1, 0.15) is 5.75 Å². The van der Waals surface area contributed by atoms with Crippen LogP contribution in [0.3, 0.4) is 0 Å². The van der Waals surface area contributed by atoms with Gasteiger partial charge in [0.15, 0.2) is 5.65 Å². The third kappa shape index (κ3) is 3.98. The first-order valence-electron chi connectivity index (χ1n) is 7.08. The Bertz CT molecular complexity index is 866. The van der Waals surface area contributed by atoms with E-state index in [1.807, 2.05) is 12.1 Å². The minimum atomic E-state index is -0.270. The number of aromatic nitrogens is 3. The molecule has 7 heteroatoms. The van der Waals surface area contributed by atoms with Crippen LogP contribution in [0, 0.1) is 0 Å². The summed E-state index contributed by atoms with van der Waals surface area (Å²) in [6.45, 7) is 0.832. The van der Waals surface area contributed by atoms with Gasteiger partial charge in [-0.2, -0.15) is 4.98 Å². The minimum absolute atomic E-state index is 0.156. The molecule has 3 rings (SSSR count). The normalized spacial score (nSPS) is 10.7. The average Bonchev–Trinajstić information content (AvgIpc) is 2.55. The van der Waals surface area contributed by atoms with E-state index in [0.29, 0.717) is 41.4 Å². The van der Waals surface area contributed by atoms with Crippen LogP contribution in [-0.4, -0.2) is 28.2 Å². The fourth-order valence-electron chi connectivity index (χ4n) is 1.99. The van der Waals surface area contributed by atoms with Crippen molar-refractivity contribution in [2.75, 3.05) is 13.2 Å². The van der Waals surface area contributed by atoms with E-state index in [-0.39, 0.29) is 11.6 Å². The molecule has 0 saturated carbocycles. The molecule has 23 heavy (non-hydrogen) atoms. The monoisotopic (exact) mass is 331 g/mol. The van der Waals surface area contributed by atoms with Crippen molar-refractivity contribution in [3.8, 4) is 11.8 Å². The van der Waals surface area contributed by atoms with Crippen molar-refractivity contribution in [3.05, 3.63) is 58.0 Å². The maximum atomic E-state index is 11.9. The highest BCUT2D eigenvalue weighted by atomic mass is 35.5. The average molecular weight is 332 g/mol. The van der Waals surface area contributed by atoms with Crippen molar-refractivity contribution < 1.29 is 9.47 Å². The summed E-state index contributed by atoms with van der Waals surface area (Å²) in [7, 11) is 0. The third-order valence-electron chi connectivity index (χ3n) is 3.05. The fraction of sp³-hybridized carbons (Fsp3) is 0.188. The number of halogens is 1. The minimum Gasteiger partial charge on any atom is -0.493 e. The summed E-state index contributed by atoms with van der Waals surface area (Å²) in [4.78, 5) is 22.6. The first-order chi connectivity index (χ1) is 11.2. The molecule has 1 aromatic carbocycles. The summed E-state index contributed by atoms with van der Waals surface area (Å²) in [6.07, 6.45) is 2.22. The molecule has 0 bridgehead atoms. The van der Waals surface area contributed by atoms with Gasteiger partial charge in [-0.1, -0.05) is 17.7 Å². The first kappa shape index (κ1) is 15.3. The number of aromatic amines is 1. The molecular weight excluding hydrogens is 318 g/mol. The maximum absolute atomic E-state index is 11.9. The van der Waals surface area contributed by atoms with Gasteiger partial charge in [-0.25, -0.2) is 4.98 Å². The van der Waals surface area contributed by atoms with Crippen LogP contribution >= 0.6 is 11.6 Å². The highest BCUT2D eigenvalue weighted by molar-refractivity contribution is 6.30. The summed E-state index contributed by atoms with van der Waals surface area (Å²) < 4.78 is 11.0. The Labute approximate surface area is 137 Å². The van der Waals surface area contributed by atoms with Crippen LogP contribution in [0.4, 0.5) is 0 Å². The first-order valence-corrected chi connectivity index (χ1v) is 7.46. The van der Waals surface area contributed by atoms with Crippen molar-refractivity contribution in [1.82, 2.24) is 15.0 Å². The molecule has 3 aromatic rings. The lowest BCUT2D eigenvalue weighted by Crippen LogP contribution is -2.13. The number of hydrogen-bond acceptors (Lipinski definition) is 5. The smallest absolute Gasteiger partial charge is 0.298 e. The number of hydrogen-bond donors (Lipinski definition) is 1. The van der Waals surface area contributed by atoms with Crippen molar-refractivity contribution in [2.45, 2.75) is 6.42 Å². The standard InChI is InChI=1S/C16H14ClN3O3/c17-11-4-1-5-12(10-11)22-8-3-9-23-16-19-14-13(15(21)20-16)6-2-7-18-14/h1-2,4-7,10H,3,8-9H2,(H,18,19,20,21). The molecule has 0 fully saturated rings. The number of rotatable bonds is 6. The van der Waals surface area contributed by atoms with Gasteiger partial charge in [-0.05, 0) is 30.3 Å². The van der Waals surface area contributed by atoms with Crippen LogP contribution in [0.25, 0.3) is 11.0 Å². The molecule has 0 aliphatic rings. The predicted octanol–water partition coefficient (Wildman–Crippen LogP) is 2.82. The zero-order valence-corrected chi connectivity index (χ0v) is 12.9. The van der Waals surface area contributed by atoms with E-state index in [0.717, 1.165) is 0 Å². The van der Waals surface area contributed by atoms with Crippen molar-refractivity contribution in [1.29, 1.82) is 0 Å². The molecule has 118 valence electrons. The second-order valence-electron chi connectivity index (χ2n) is 4.75. The van der Waals surface area contributed by atoms with Gasteiger partial charge in [0, 0.05) is 17.6 Å². The zero-order valence-electron chi connectivity index (χ0n) is 12.2. The topological polar surface area (TPSA) is 77.1 Å². The molecule has 0 radical (unpaired) electrons. The molecule has 0 saturated heterocycles. The molecule has 0 amide bonds. The van der Waals surface area contributed by atoms with Crippen LogP contribution in [0.1, 0.15) is 6.42 Å². The Morgan fingerprint density at radius 3 is 2.87 bits per heavy atom. The largest absolute Gasteiger partial charge is 0.493 e. The molecule has 6 nitrogen and oxygen atoms in total. The summed E-state index contributed by atoms with van der Waals surface area (Å²) in [6, 6.07) is 10.7. The van der Waals surface area contributed by atoms with Crippen LogP contribution in [0.5, 0.6) is 11.8 Å². The van der Waals surface area contributed by atoms with E-state index in [1.165, 1.54) is 0 Å².